The number of unbranched alkanes of at least 4 members (excludes halogenated alkanes) is 4. The van der Waals surface area contributed by atoms with Gasteiger partial charge in [-0.3, -0.25) is 4.79 Å². The molecule has 162 valence electrons. The van der Waals surface area contributed by atoms with Gasteiger partial charge in [-0.2, -0.15) is 0 Å². The minimum Gasteiger partial charge on any atom is -0.478 e. The van der Waals surface area contributed by atoms with E-state index in [9.17, 15) is 9.59 Å². The number of aromatic carboxylic acids is 1. The van der Waals surface area contributed by atoms with Crippen LogP contribution in [0, 0.1) is 11.8 Å². The number of hydrogen-bond donors (Lipinski definition) is 1. The van der Waals surface area contributed by atoms with Crippen molar-refractivity contribution in [2.24, 2.45) is 0 Å². The summed E-state index contributed by atoms with van der Waals surface area (Å²) in [6.07, 6.45) is 6.37. The first kappa shape index (κ1) is 22.6. The quantitative estimate of drug-likeness (QED) is 0.460. The van der Waals surface area contributed by atoms with Crippen molar-refractivity contribution in [3.8, 4) is 11.8 Å². The summed E-state index contributed by atoms with van der Waals surface area (Å²) in [6.45, 7) is 7.21. The number of carbonyl (C=O) groups excluding carboxylic acids is 1. The van der Waals surface area contributed by atoms with Crippen LogP contribution in [0.3, 0.4) is 0 Å². The van der Waals surface area contributed by atoms with Crippen LogP contribution in [0.1, 0.15) is 86.3 Å². The first-order valence-corrected chi connectivity index (χ1v) is 11.1. The third-order valence-electron chi connectivity index (χ3n) is 5.88. The molecule has 4 nitrogen and oxygen atoms in total. The summed E-state index contributed by atoms with van der Waals surface area (Å²) < 4.78 is 0. The van der Waals surface area contributed by atoms with Crippen LogP contribution < -0.4 is 4.90 Å². The zero-order valence-electron chi connectivity index (χ0n) is 18.7. The third kappa shape index (κ3) is 5.55. The molecule has 0 bridgehead atoms. The van der Waals surface area contributed by atoms with Gasteiger partial charge in [-0.25, -0.2) is 4.79 Å². The van der Waals surface area contributed by atoms with Crippen LogP contribution in [-0.4, -0.2) is 23.5 Å². The van der Waals surface area contributed by atoms with Crippen LogP contribution in [0.2, 0.25) is 0 Å². The highest BCUT2D eigenvalue weighted by Crippen LogP contribution is 2.40. The molecule has 0 fully saturated rings. The second-order valence-electron chi connectivity index (χ2n) is 8.88. The number of nitrogens with zero attached hydrogens (tertiary/aromatic N) is 1. The maximum absolute atomic E-state index is 12.8. The molecule has 0 saturated heterocycles. The maximum atomic E-state index is 12.8. The molecule has 0 unspecified atom stereocenters. The normalized spacial score (nSPS) is 14.5. The van der Waals surface area contributed by atoms with E-state index in [2.05, 4.69) is 38.7 Å². The highest BCUT2D eigenvalue weighted by atomic mass is 16.4. The van der Waals surface area contributed by atoms with Crippen molar-refractivity contribution < 1.29 is 14.7 Å². The molecule has 0 radical (unpaired) electrons. The Balaban J connectivity index is 1.81. The number of amides is 1. The van der Waals surface area contributed by atoms with E-state index in [1.807, 2.05) is 17.0 Å². The van der Waals surface area contributed by atoms with E-state index in [0.29, 0.717) is 6.42 Å². The Kier molecular flexibility index (Phi) is 7.17. The molecule has 0 spiro atoms. The summed E-state index contributed by atoms with van der Waals surface area (Å²) in [5.74, 6) is 5.56. The summed E-state index contributed by atoms with van der Waals surface area (Å²) in [7, 11) is 0. The lowest BCUT2D eigenvalue weighted by atomic mass is 9.76. The van der Waals surface area contributed by atoms with Crippen LogP contribution in [0.15, 0.2) is 42.5 Å². The lowest BCUT2D eigenvalue weighted by Crippen LogP contribution is -2.42. The number of carboxylic acids is 1. The highest BCUT2D eigenvalue weighted by molar-refractivity contribution is 5.98. The van der Waals surface area contributed by atoms with E-state index < -0.39 is 5.97 Å². The average Bonchev–Trinajstić information content (AvgIpc) is 2.74. The van der Waals surface area contributed by atoms with Gasteiger partial charge in [0.25, 0.3) is 0 Å². The van der Waals surface area contributed by atoms with Gasteiger partial charge in [0.1, 0.15) is 0 Å². The van der Waals surface area contributed by atoms with Gasteiger partial charge < -0.3 is 10.0 Å². The second kappa shape index (κ2) is 9.83. The highest BCUT2D eigenvalue weighted by Gasteiger charge is 2.36. The van der Waals surface area contributed by atoms with Gasteiger partial charge in [-0.1, -0.05) is 58.3 Å². The minimum absolute atomic E-state index is 0.199. The molecule has 4 heteroatoms. The third-order valence-corrected chi connectivity index (χ3v) is 5.88. The minimum atomic E-state index is -0.944. The molecule has 1 aliphatic heterocycles. The van der Waals surface area contributed by atoms with Crippen LogP contribution in [0.5, 0.6) is 0 Å². The first-order chi connectivity index (χ1) is 14.8. The number of benzene rings is 2. The molecule has 1 amide bonds. The lowest BCUT2D eigenvalue weighted by molar-refractivity contribution is -0.120. The largest absolute Gasteiger partial charge is 0.478 e. The molecule has 0 saturated carbocycles. The van der Waals surface area contributed by atoms with Gasteiger partial charge >= 0.3 is 5.97 Å². The monoisotopic (exact) mass is 417 g/mol. The van der Waals surface area contributed by atoms with Gasteiger partial charge in [-0.15, -0.1) is 0 Å². The van der Waals surface area contributed by atoms with Gasteiger partial charge in [0.05, 0.1) is 5.56 Å². The predicted octanol–water partition coefficient (Wildman–Crippen LogP) is 5.77. The van der Waals surface area contributed by atoms with Crippen molar-refractivity contribution in [2.45, 2.75) is 64.7 Å². The average molecular weight is 418 g/mol. The molecular weight excluding hydrogens is 386 g/mol. The van der Waals surface area contributed by atoms with E-state index in [1.165, 1.54) is 19.3 Å². The van der Waals surface area contributed by atoms with Crippen LogP contribution in [0.4, 0.5) is 5.69 Å². The summed E-state index contributed by atoms with van der Waals surface area (Å²) in [6, 6.07) is 12.7. The Hall–Kier alpha value is -3.06. The molecule has 1 N–H and O–H groups in total. The molecule has 0 aromatic heterocycles. The molecule has 2 aromatic carbocycles. The topological polar surface area (TPSA) is 57.6 Å². The molecule has 1 heterocycles. The van der Waals surface area contributed by atoms with Gasteiger partial charge in [-0.05, 0) is 54.4 Å². The second-order valence-corrected chi connectivity index (χ2v) is 8.88. The van der Waals surface area contributed by atoms with Crippen molar-refractivity contribution >= 4 is 17.6 Å². The van der Waals surface area contributed by atoms with Crippen molar-refractivity contribution in [1.82, 2.24) is 0 Å². The van der Waals surface area contributed by atoms with E-state index in [-0.39, 0.29) is 16.9 Å². The van der Waals surface area contributed by atoms with Crippen molar-refractivity contribution in [1.29, 1.82) is 0 Å². The molecule has 2 aromatic rings. The lowest BCUT2D eigenvalue weighted by Gasteiger charge is -2.39. The summed E-state index contributed by atoms with van der Waals surface area (Å²) in [4.78, 5) is 25.8. The zero-order chi connectivity index (χ0) is 22.4. The summed E-state index contributed by atoms with van der Waals surface area (Å²) in [5, 5.41) is 9.01. The number of fused-ring (bicyclic) bond motifs is 1. The van der Waals surface area contributed by atoms with Gasteiger partial charge in [0.2, 0.25) is 5.91 Å². The predicted molar refractivity (Wildman–Crippen MR) is 125 cm³/mol. The Morgan fingerprint density at radius 2 is 1.65 bits per heavy atom. The molecular formula is C27H31NO3. The number of carbonyl (C=O) groups is 2. The fraction of sp³-hybridized carbons (Fsp3) is 0.407. The van der Waals surface area contributed by atoms with E-state index in [4.69, 9.17) is 5.11 Å². The molecule has 31 heavy (non-hydrogen) atoms. The number of carboxylic acid groups (broad SMARTS) is 1. The van der Waals surface area contributed by atoms with Crippen LogP contribution in [-0.2, 0) is 10.2 Å². The number of hydrogen-bond acceptors (Lipinski definition) is 2. The van der Waals surface area contributed by atoms with Crippen molar-refractivity contribution in [2.75, 3.05) is 11.4 Å². The molecule has 3 rings (SSSR count). The first-order valence-electron chi connectivity index (χ1n) is 11.1. The Morgan fingerprint density at radius 3 is 2.32 bits per heavy atom. The van der Waals surface area contributed by atoms with Crippen LogP contribution in [0.25, 0.3) is 0 Å². The molecule has 1 aliphatic rings. The van der Waals surface area contributed by atoms with Gasteiger partial charge in [0, 0.05) is 35.2 Å². The van der Waals surface area contributed by atoms with Crippen molar-refractivity contribution in [3.05, 3.63) is 64.7 Å². The van der Waals surface area contributed by atoms with Crippen molar-refractivity contribution in [3.63, 3.8) is 0 Å². The van der Waals surface area contributed by atoms with Crippen LogP contribution >= 0.6 is 0 Å². The smallest absolute Gasteiger partial charge is 0.335 e. The molecule has 0 atom stereocenters. The van der Waals surface area contributed by atoms with E-state index >= 15 is 0 Å². The molecule has 0 aliphatic carbocycles. The zero-order valence-corrected chi connectivity index (χ0v) is 18.7. The maximum Gasteiger partial charge on any atom is 0.335 e. The Bertz CT molecular complexity index is 1010. The SMILES string of the molecule is CCCCCCCN1C(=O)CC(C)(C)c2cc(C#Cc3ccc(C(=O)O)cc3)ccc21. The Labute approximate surface area is 185 Å². The fourth-order valence-corrected chi connectivity index (χ4v) is 4.05. The van der Waals surface area contributed by atoms with E-state index in [0.717, 1.165) is 41.8 Å². The fourth-order valence-electron chi connectivity index (χ4n) is 4.05. The van der Waals surface area contributed by atoms with Gasteiger partial charge in [0.15, 0.2) is 0 Å². The summed E-state index contributed by atoms with van der Waals surface area (Å²) >= 11 is 0. The Morgan fingerprint density at radius 1 is 1.00 bits per heavy atom. The number of anilines is 1. The van der Waals surface area contributed by atoms with E-state index in [1.54, 1.807) is 24.3 Å². The summed E-state index contributed by atoms with van der Waals surface area (Å²) in [5.41, 5.74) is 3.85. The standard InChI is InChI=1S/C27H31NO3/c1-4-5-6-7-8-17-28-24-16-13-21(18-23(24)27(2,3)19-25(28)29)10-9-20-11-14-22(15-12-20)26(30)31/h11-16,18H,4-8,17,19H2,1-3H3,(H,30,31). The number of rotatable bonds is 7.